The van der Waals surface area contributed by atoms with Gasteiger partial charge in [0.2, 0.25) is 0 Å². The third kappa shape index (κ3) is 6.50. The number of carbonyl (C=O) groups excluding carboxylic acids is 1. The lowest BCUT2D eigenvalue weighted by molar-refractivity contribution is -0.119. The van der Waals surface area contributed by atoms with E-state index in [4.69, 9.17) is 27.9 Å². The van der Waals surface area contributed by atoms with Gasteiger partial charge in [0.15, 0.2) is 0 Å². The van der Waals surface area contributed by atoms with Crippen LogP contribution in [0.15, 0.2) is 76.7 Å². The summed E-state index contributed by atoms with van der Waals surface area (Å²) in [5.41, 5.74) is 4.20. The van der Waals surface area contributed by atoms with Gasteiger partial charge in [0, 0.05) is 0 Å². The molecule has 3 aromatic carbocycles. The highest BCUT2D eigenvalue weighted by Gasteiger charge is 2.27. The van der Waals surface area contributed by atoms with Gasteiger partial charge in [-0.2, -0.15) is 5.10 Å². The zero-order chi connectivity index (χ0) is 24.7. The molecule has 1 N–H and O–H groups in total. The fraction of sp³-hybridized carbons (Fsp3) is 0.167. The van der Waals surface area contributed by atoms with Crippen molar-refractivity contribution in [1.82, 2.24) is 5.43 Å². The van der Waals surface area contributed by atoms with Crippen LogP contribution < -0.4 is 14.5 Å². The van der Waals surface area contributed by atoms with Crippen molar-refractivity contribution in [3.05, 3.63) is 87.9 Å². The Morgan fingerprint density at radius 1 is 1.03 bits per heavy atom. The zero-order valence-corrected chi connectivity index (χ0v) is 20.9. The largest absolute Gasteiger partial charge is 0.494 e. The first-order valence-corrected chi connectivity index (χ1v) is 12.5. The Morgan fingerprint density at radius 2 is 1.71 bits per heavy atom. The van der Waals surface area contributed by atoms with Gasteiger partial charge in [-0.25, -0.2) is 13.8 Å². The van der Waals surface area contributed by atoms with Crippen molar-refractivity contribution in [2.24, 2.45) is 5.10 Å². The number of carbonyl (C=O) groups is 1. The number of amides is 1. The van der Waals surface area contributed by atoms with E-state index in [0.29, 0.717) is 33.7 Å². The maximum atomic E-state index is 13.4. The fourth-order valence-corrected chi connectivity index (χ4v) is 4.69. The molecule has 3 rings (SSSR count). The second kappa shape index (κ2) is 11.4. The average Bonchev–Trinajstić information content (AvgIpc) is 2.81. The van der Waals surface area contributed by atoms with Crippen molar-refractivity contribution in [3.63, 3.8) is 0 Å². The van der Waals surface area contributed by atoms with Crippen LogP contribution in [0.25, 0.3) is 0 Å². The number of ether oxygens (including phenoxy) is 1. The van der Waals surface area contributed by atoms with E-state index in [2.05, 4.69) is 10.5 Å². The number of rotatable bonds is 9. The predicted octanol–water partition coefficient (Wildman–Crippen LogP) is 5.05. The molecule has 0 aliphatic heterocycles. The summed E-state index contributed by atoms with van der Waals surface area (Å²) in [5, 5.41) is 4.64. The van der Waals surface area contributed by atoms with Gasteiger partial charge in [-0.15, -0.1) is 0 Å². The van der Waals surface area contributed by atoms with Crippen molar-refractivity contribution in [1.29, 1.82) is 0 Å². The molecule has 0 bridgehead atoms. The first-order valence-electron chi connectivity index (χ1n) is 10.3. The summed E-state index contributed by atoms with van der Waals surface area (Å²) in [6.45, 7) is 3.71. The predicted molar refractivity (Wildman–Crippen MR) is 136 cm³/mol. The molecular weight excluding hydrogens is 497 g/mol. The minimum Gasteiger partial charge on any atom is -0.494 e. The quantitative estimate of drug-likeness (QED) is 0.316. The number of nitrogens with one attached hydrogen (secondary N) is 1. The zero-order valence-electron chi connectivity index (χ0n) is 18.5. The highest BCUT2D eigenvalue weighted by atomic mass is 35.5. The number of anilines is 1. The van der Waals surface area contributed by atoms with Crippen LogP contribution in [-0.4, -0.2) is 33.7 Å². The van der Waals surface area contributed by atoms with Crippen LogP contribution in [0.2, 0.25) is 10.0 Å². The molecular formula is C24H23Cl2N3O4S. The summed E-state index contributed by atoms with van der Waals surface area (Å²) in [7, 11) is -4.03. The van der Waals surface area contributed by atoms with Crippen molar-refractivity contribution in [3.8, 4) is 5.75 Å². The number of hydrazone groups is 1. The molecule has 0 unspecified atom stereocenters. The molecule has 0 atom stereocenters. The van der Waals surface area contributed by atoms with Gasteiger partial charge in [-0.1, -0.05) is 47.0 Å². The Bertz CT molecular complexity index is 1280. The Balaban J connectivity index is 1.84. The van der Waals surface area contributed by atoms with E-state index >= 15 is 0 Å². The molecule has 34 heavy (non-hydrogen) atoms. The first kappa shape index (κ1) is 25.6. The second-order valence-electron chi connectivity index (χ2n) is 7.22. The fourth-order valence-electron chi connectivity index (χ4n) is 2.97. The summed E-state index contributed by atoms with van der Waals surface area (Å²) < 4.78 is 33.3. The van der Waals surface area contributed by atoms with Gasteiger partial charge >= 0.3 is 0 Å². The molecule has 0 spiro atoms. The third-order valence-corrected chi connectivity index (χ3v) is 7.21. The molecule has 0 heterocycles. The molecule has 3 aromatic rings. The van der Waals surface area contributed by atoms with Crippen molar-refractivity contribution in [2.45, 2.75) is 18.7 Å². The molecule has 0 saturated carbocycles. The Kier molecular flexibility index (Phi) is 8.55. The van der Waals surface area contributed by atoms with E-state index in [9.17, 15) is 13.2 Å². The number of hydrogen-bond donors (Lipinski definition) is 1. The van der Waals surface area contributed by atoms with Crippen LogP contribution in [0.1, 0.15) is 18.1 Å². The van der Waals surface area contributed by atoms with Gasteiger partial charge in [-0.3, -0.25) is 9.10 Å². The molecule has 0 saturated heterocycles. The number of benzene rings is 3. The van der Waals surface area contributed by atoms with E-state index in [1.165, 1.54) is 18.3 Å². The lowest BCUT2D eigenvalue weighted by Gasteiger charge is -2.24. The summed E-state index contributed by atoms with van der Waals surface area (Å²) in [6, 6.07) is 17.8. The second-order valence-corrected chi connectivity index (χ2v) is 9.90. The molecule has 178 valence electrons. The van der Waals surface area contributed by atoms with Crippen LogP contribution in [0.3, 0.4) is 0 Å². The van der Waals surface area contributed by atoms with Crippen LogP contribution in [-0.2, 0) is 14.8 Å². The number of sulfonamides is 1. The van der Waals surface area contributed by atoms with E-state index < -0.39 is 22.5 Å². The summed E-state index contributed by atoms with van der Waals surface area (Å²) >= 11 is 11.9. The Morgan fingerprint density at radius 3 is 2.32 bits per heavy atom. The van der Waals surface area contributed by atoms with E-state index in [0.717, 1.165) is 9.87 Å². The topological polar surface area (TPSA) is 88.1 Å². The standard InChI is InChI=1S/C24H23Cl2N3O4S/c1-3-33-20-9-7-19(8-10-20)29(34(31,32)21-11-4-17(2)5-12-21)16-24(30)28-27-15-18-6-13-22(25)23(26)14-18/h4-15H,3,16H2,1-2H3,(H,28,30)/b27-15-. The normalized spacial score (nSPS) is 11.4. The molecule has 0 aliphatic rings. The van der Waals surface area contributed by atoms with Gasteiger partial charge in [0.1, 0.15) is 12.3 Å². The molecule has 0 radical (unpaired) electrons. The van der Waals surface area contributed by atoms with Gasteiger partial charge in [-0.05, 0) is 67.9 Å². The maximum Gasteiger partial charge on any atom is 0.264 e. The monoisotopic (exact) mass is 519 g/mol. The highest BCUT2D eigenvalue weighted by Crippen LogP contribution is 2.26. The number of hydrogen-bond acceptors (Lipinski definition) is 5. The van der Waals surface area contributed by atoms with E-state index in [1.54, 1.807) is 54.6 Å². The molecule has 0 aromatic heterocycles. The van der Waals surface area contributed by atoms with Crippen LogP contribution in [0.4, 0.5) is 5.69 Å². The van der Waals surface area contributed by atoms with Crippen LogP contribution in [0.5, 0.6) is 5.75 Å². The van der Waals surface area contributed by atoms with Crippen molar-refractivity contribution < 1.29 is 17.9 Å². The lowest BCUT2D eigenvalue weighted by Crippen LogP contribution is -2.39. The summed E-state index contributed by atoms with van der Waals surface area (Å²) in [5.74, 6) is -0.0320. The van der Waals surface area contributed by atoms with Gasteiger partial charge < -0.3 is 4.74 Å². The SMILES string of the molecule is CCOc1ccc(N(CC(=O)N/N=C\c2ccc(Cl)c(Cl)c2)S(=O)(=O)c2ccc(C)cc2)cc1. The van der Waals surface area contributed by atoms with E-state index in [-0.39, 0.29) is 4.90 Å². The summed E-state index contributed by atoms with van der Waals surface area (Å²) in [6.07, 6.45) is 1.38. The number of halogens is 2. The molecule has 0 fully saturated rings. The molecule has 10 heteroatoms. The minimum absolute atomic E-state index is 0.0686. The van der Waals surface area contributed by atoms with E-state index in [1.807, 2.05) is 13.8 Å². The number of nitrogens with zero attached hydrogens (tertiary/aromatic N) is 2. The van der Waals surface area contributed by atoms with Gasteiger partial charge in [0.25, 0.3) is 15.9 Å². The lowest BCUT2D eigenvalue weighted by atomic mass is 10.2. The summed E-state index contributed by atoms with van der Waals surface area (Å²) in [4.78, 5) is 12.7. The molecule has 1 amide bonds. The third-order valence-electron chi connectivity index (χ3n) is 4.68. The smallest absolute Gasteiger partial charge is 0.264 e. The van der Waals surface area contributed by atoms with Crippen LogP contribution in [0, 0.1) is 6.92 Å². The van der Waals surface area contributed by atoms with Crippen LogP contribution >= 0.6 is 23.2 Å². The number of aryl methyl sites for hydroxylation is 1. The maximum absolute atomic E-state index is 13.4. The average molecular weight is 520 g/mol. The Labute approximate surface area is 209 Å². The van der Waals surface area contributed by atoms with Crippen molar-refractivity contribution in [2.75, 3.05) is 17.5 Å². The van der Waals surface area contributed by atoms with Gasteiger partial charge in [0.05, 0.1) is 33.4 Å². The molecule has 0 aliphatic carbocycles. The van der Waals surface area contributed by atoms with Crippen molar-refractivity contribution >= 4 is 51.0 Å². The highest BCUT2D eigenvalue weighted by molar-refractivity contribution is 7.92. The first-order chi connectivity index (χ1) is 16.2. The minimum atomic E-state index is -4.03. The molecule has 7 nitrogen and oxygen atoms in total. The Hall–Kier alpha value is -3.07.